The molecule has 70 valence electrons. The molecule has 1 rings (SSSR count). The van der Waals surface area contributed by atoms with Crippen LogP contribution >= 0.6 is 0 Å². The van der Waals surface area contributed by atoms with Crippen LogP contribution in [0.1, 0.15) is 58.3 Å². The predicted molar refractivity (Wildman–Crippen MR) is 55.2 cm³/mol. The Balaban J connectivity index is 2.01. The molecule has 0 spiro atoms. The van der Waals surface area contributed by atoms with Gasteiger partial charge in [0, 0.05) is 0 Å². The standard InChI is InChI=1S/C12H22/c1-11(2)7-6-10-12-8-4-3-5-9-12/h12H,1,3-10H2,2H3. The average Bonchev–Trinajstić information content (AvgIpc) is 2.05. The molecule has 0 aliphatic heterocycles. The van der Waals surface area contributed by atoms with Crippen molar-refractivity contribution in [1.82, 2.24) is 0 Å². The van der Waals surface area contributed by atoms with Crippen molar-refractivity contribution < 1.29 is 0 Å². The summed E-state index contributed by atoms with van der Waals surface area (Å²) in [7, 11) is 0. The van der Waals surface area contributed by atoms with Crippen molar-refractivity contribution in [2.75, 3.05) is 0 Å². The van der Waals surface area contributed by atoms with Gasteiger partial charge in [0.2, 0.25) is 0 Å². The Kier molecular flexibility index (Phi) is 4.42. The lowest BCUT2D eigenvalue weighted by Gasteiger charge is -2.21. The maximum Gasteiger partial charge on any atom is -0.0326 e. The Bertz CT molecular complexity index is 129. The lowest BCUT2D eigenvalue weighted by atomic mass is 9.85. The molecular weight excluding hydrogens is 144 g/mol. The van der Waals surface area contributed by atoms with Crippen LogP contribution in [0.3, 0.4) is 0 Å². The second-order valence-electron chi connectivity index (χ2n) is 4.35. The summed E-state index contributed by atoms with van der Waals surface area (Å²) in [6.07, 6.45) is 11.5. The molecule has 0 saturated heterocycles. The maximum atomic E-state index is 3.94. The van der Waals surface area contributed by atoms with Gasteiger partial charge in [-0.2, -0.15) is 0 Å². The van der Waals surface area contributed by atoms with Gasteiger partial charge < -0.3 is 0 Å². The third kappa shape index (κ3) is 3.94. The Labute approximate surface area is 77.1 Å². The zero-order valence-electron chi connectivity index (χ0n) is 8.44. The first-order valence-electron chi connectivity index (χ1n) is 5.43. The van der Waals surface area contributed by atoms with Gasteiger partial charge in [0.05, 0.1) is 0 Å². The van der Waals surface area contributed by atoms with E-state index in [4.69, 9.17) is 0 Å². The van der Waals surface area contributed by atoms with Crippen molar-refractivity contribution in [3.63, 3.8) is 0 Å². The van der Waals surface area contributed by atoms with Gasteiger partial charge >= 0.3 is 0 Å². The normalized spacial score (nSPS) is 19.4. The zero-order chi connectivity index (χ0) is 8.81. The van der Waals surface area contributed by atoms with E-state index in [1.54, 1.807) is 0 Å². The average molecular weight is 166 g/mol. The van der Waals surface area contributed by atoms with Crippen LogP contribution in [0, 0.1) is 5.92 Å². The summed E-state index contributed by atoms with van der Waals surface area (Å²) in [5, 5.41) is 0. The highest BCUT2D eigenvalue weighted by Crippen LogP contribution is 2.27. The zero-order valence-corrected chi connectivity index (χ0v) is 8.44. The van der Waals surface area contributed by atoms with Crippen LogP contribution in [0.4, 0.5) is 0 Å². The molecule has 0 N–H and O–H groups in total. The fraction of sp³-hybridized carbons (Fsp3) is 0.833. The third-order valence-electron chi connectivity index (χ3n) is 2.94. The molecule has 0 heterocycles. The van der Waals surface area contributed by atoms with Gasteiger partial charge in [-0.3, -0.25) is 0 Å². The van der Waals surface area contributed by atoms with E-state index in [9.17, 15) is 0 Å². The smallest absolute Gasteiger partial charge is 0.0326 e. The Hall–Kier alpha value is -0.260. The molecule has 0 amide bonds. The summed E-state index contributed by atoms with van der Waals surface area (Å²) < 4.78 is 0. The molecule has 0 atom stereocenters. The van der Waals surface area contributed by atoms with Crippen molar-refractivity contribution in [3.05, 3.63) is 12.2 Å². The molecule has 1 fully saturated rings. The summed E-state index contributed by atoms with van der Waals surface area (Å²) in [6, 6.07) is 0. The SMILES string of the molecule is C=C(C)CCCC1CCCCC1. The summed E-state index contributed by atoms with van der Waals surface area (Å²) in [4.78, 5) is 0. The first kappa shape index (κ1) is 9.83. The summed E-state index contributed by atoms with van der Waals surface area (Å²) in [5.74, 6) is 1.05. The van der Waals surface area contributed by atoms with Crippen LogP contribution in [0.5, 0.6) is 0 Å². The second kappa shape index (κ2) is 5.40. The minimum atomic E-state index is 1.05. The van der Waals surface area contributed by atoms with E-state index in [1.165, 1.54) is 56.9 Å². The predicted octanol–water partition coefficient (Wildman–Crippen LogP) is 4.31. The molecule has 1 aliphatic rings. The monoisotopic (exact) mass is 166 g/mol. The molecular formula is C12H22. The first-order valence-corrected chi connectivity index (χ1v) is 5.43. The van der Waals surface area contributed by atoms with Gasteiger partial charge in [0.25, 0.3) is 0 Å². The molecule has 0 aromatic carbocycles. The van der Waals surface area contributed by atoms with E-state index in [-0.39, 0.29) is 0 Å². The molecule has 0 radical (unpaired) electrons. The Morgan fingerprint density at radius 2 is 1.92 bits per heavy atom. The molecule has 12 heavy (non-hydrogen) atoms. The van der Waals surface area contributed by atoms with Crippen molar-refractivity contribution in [3.8, 4) is 0 Å². The van der Waals surface area contributed by atoms with E-state index < -0.39 is 0 Å². The van der Waals surface area contributed by atoms with E-state index in [1.807, 2.05) is 0 Å². The lowest BCUT2D eigenvalue weighted by molar-refractivity contribution is 0.332. The van der Waals surface area contributed by atoms with Crippen molar-refractivity contribution in [2.24, 2.45) is 5.92 Å². The lowest BCUT2D eigenvalue weighted by Crippen LogP contribution is -2.05. The molecule has 0 aromatic heterocycles. The van der Waals surface area contributed by atoms with E-state index in [2.05, 4.69) is 13.5 Å². The fourth-order valence-corrected chi connectivity index (χ4v) is 2.17. The molecule has 0 aromatic rings. The largest absolute Gasteiger partial charge is 0.100 e. The van der Waals surface area contributed by atoms with E-state index in [0.717, 1.165) is 5.92 Å². The number of hydrogen-bond donors (Lipinski definition) is 0. The minimum Gasteiger partial charge on any atom is -0.100 e. The van der Waals surface area contributed by atoms with Crippen LogP contribution in [0.25, 0.3) is 0 Å². The summed E-state index contributed by atoms with van der Waals surface area (Å²) >= 11 is 0. The number of rotatable bonds is 4. The fourth-order valence-electron chi connectivity index (χ4n) is 2.17. The highest BCUT2D eigenvalue weighted by molar-refractivity contribution is 4.87. The Morgan fingerprint density at radius 1 is 1.25 bits per heavy atom. The van der Waals surface area contributed by atoms with Crippen LogP contribution in [-0.4, -0.2) is 0 Å². The Morgan fingerprint density at radius 3 is 2.50 bits per heavy atom. The molecule has 1 aliphatic carbocycles. The highest BCUT2D eigenvalue weighted by atomic mass is 14.2. The van der Waals surface area contributed by atoms with Crippen LogP contribution in [-0.2, 0) is 0 Å². The third-order valence-corrected chi connectivity index (χ3v) is 2.94. The van der Waals surface area contributed by atoms with Crippen LogP contribution in [0.15, 0.2) is 12.2 Å². The second-order valence-corrected chi connectivity index (χ2v) is 4.35. The minimum absolute atomic E-state index is 1.05. The van der Waals surface area contributed by atoms with E-state index >= 15 is 0 Å². The molecule has 0 heteroatoms. The van der Waals surface area contributed by atoms with Gasteiger partial charge in [0.1, 0.15) is 0 Å². The van der Waals surface area contributed by atoms with Gasteiger partial charge in [-0.05, 0) is 25.7 Å². The van der Waals surface area contributed by atoms with Crippen molar-refractivity contribution in [2.45, 2.75) is 58.3 Å². The first-order chi connectivity index (χ1) is 5.79. The highest BCUT2D eigenvalue weighted by Gasteiger charge is 2.12. The van der Waals surface area contributed by atoms with Crippen molar-refractivity contribution in [1.29, 1.82) is 0 Å². The quantitative estimate of drug-likeness (QED) is 0.546. The van der Waals surface area contributed by atoms with Gasteiger partial charge in [-0.25, -0.2) is 0 Å². The summed E-state index contributed by atoms with van der Waals surface area (Å²) in [6.45, 7) is 6.08. The van der Waals surface area contributed by atoms with E-state index in [0.29, 0.717) is 0 Å². The van der Waals surface area contributed by atoms with Crippen LogP contribution < -0.4 is 0 Å². The molecule has 1 saturated carbocycles. The number of allylic oxidation sites excluding steroid dienone is 1. The molecule has 0 bridgehead atoms. The number of hydrogen-bond acceptors (Lipinski definition) is 0. The van der Waals surface area contributed by atoms with Gasteiger partial charge in [-0.15, -0.1) is 6.58 Å². The van der Waals surface area contributed by atoms with Gasteiger partial charge in [-0.1, -0.05) is 44.1 Å². The topological polar surface area (TPSA) is 0 Å². The van der Waals surface area contributed by atoms with Gasteiger partial charge in [0.15, 0.2) is 0 Å². The maximum absolute atomic E-state index is 3.94. The molecule has 0 unspecified atom stereocenters. The summed E-state index contributed by atoms with van der Waals surface area (Å²) in [5.41, 5.74) is 1.35. The van der Waals surface area contributed by atoms with Crippen LogP contribution in [0.2, 0.25) is 0 Å². The molecule has 0 nitrogen and oxygen atoms in total. The van der Waals surface area contributed by atoms with Crippen molar-refractivity contribution >= 4 is 0 Å².